The third-order valence-electron chi connectivity index (χ3n) is 3.72. The average Bonchev–Trinajstić information content (AvgIpc) is 3.06. The predicted octanol–water partition coefficient (Wildman–Crippen LogP) is 4.24. The summed E-state index contributed by atoms with van der Waals surface area (Å²) in [7, 11) is 0. The summed E-state index contributed by atoms with van der Waals surface area (Å²) in [5.74, 6) is -0.0582. The standard InChI is InChI=1S/C15H16ClNOS/c16-14(15(18)17-10-5-1-2-6-10)12-9-19-13-8-4-3-7-11(12)13/h3-4,7-10,14H,1-2,5-6H2,(H,17,18). The van der Waals surface area contributed by atoms with E-state index in [0.717, 1.165) is 23.8 Å². The molecule has 1 atom stereocenters. The number of hydrogen-bond acceptors (Lipinski definition) is 2. The number of carbonyl (C=O) groups is 1. The summed E-state index contributed by atoms with van der Waals surface area (Å²) in [6, 6.07) is 8.39. The largest absolute Gasteiger partial charge is 0.352 e. The van der Waals surface area contributed by atoms with Crippen molar-refractivity contribution in [1.29, 1.82) is 0 Å². The van der Waals surface area contributed by atoms with Crippen LogP contribution in [-0.2, 0) is 4.79 Å². The van der Waals surface area contributed by atoms with Gasteiger partial charge in [0, 0.05) is 10.7 Å². The molecule has 1 saturated carbocycles. The van der Waals surface area contributed by atoms with Crippen molar-refractivity contribution in [3.8, 4) is 0 Å². The van der Waals surface area contributed by atoms with E-state index in [1.54, 1.807) is 11.3 Å². The maximum atomic E-state index is 12.2. The molecule has 3 rings (SSSR count). The summed E-state index contributed by atoms with van der Waals surface area (Å²) >= 11 is 7.99. The lowest BCUT2D eigenvalue weighted by Gasteiger charge is -2.15. The number of thiophene rings is 1. The molecule has 1 heterocycles. The molecular formula is C15H16ClNOS. The van der Waals surface area contributed by atoms with Gasteiger partial charge in [0.1, 0.15) is 5.38 Å². The Kier molecular flexibility index (Phi) is 3.76. The van der Waals surface area contributed by atoms with E-state index in [1.807, 2.05) is 23.6 Å². The highest BCUT2D eigenvalue weighted by molar-refractivity contribution is 7.17. The Balaban J connectivity index is 1.78. The molecule has 1 aromatic carbocycles. The molecule has 2 nitrogen and oxygen atoms in total. The minimum absolute atomic E-state index is 0.0582. The maximum Gasteiger partial charge on any atom is 0.242 e. The van der Waals surface area contributed by atoms with Crippen molar-refractivity contribution in [1.82, 2.24) is 5.32 Å². The molecule has 1 aliphatic rings. The van der Waals surface area contributed by atoms with Crippen LogP contribution in [0.1, 0.15) is 36.6 Å². The first-order chi connectivity index (χ1) is 9.25. The lowest BCUT2D eigenvalue weighted by atomic mass is 10.1. The number of alkyl halides is 1. The van der Waals surface area contributed by atoms with Crippen molar-refractivity contribution in [3.05, 3.63) is 35.2 Å². The Bertz CT molecular complexity index is 589. The van der Waals surface area contributed by atoms with Crippen LogP contribution in [0.2, 0.25) is 0 Å². The Morgan fingerprint density at radius 2 is 2.05 bits per heavy atom. The van der Waals surface area contributed by atoms with Gasteiger partial charge in [-0.05, 0) is 35.2 Å². The third kappa shape index (κ3) is 2.63. The number of carbonyl (C=O) groups excluding carboxylic acids is 1. The smallest absolute Gasteiger partial charge is 0.242 e. The molecule has 4 heteroatoms. The van der Waals surface area contributed by atoms with Gasteiger partial charge in [-0.3, -0.25) is 4.79 Å². The Hall–Kier alpha value is -1.06. The van der Waals surface area contributed by atoms with Gasteiger partial charge < -0.3 is 5.32 Å². The van der Waals surface area contributed by atoms with Gasteiger partial charge in [0.15, 0.2) is 0 Å². The highest BCUT2D eigenvalue weighted by atomic mass is 35.5. The van der Waals surface area contributed by atoms with Crippen LogP contribution in [0.15, 0.2) is 29.6 Å². The summed E-state index contributed by atoms with van der Waals surface area (Å²) in [5.41, 5.74) is 0.928. The summed E-state index contributed by atoms with van der Waals surface area (Å²) in [6.45, 7) is 0. The molecule has 0 bridgehead atoms. The zero-order chi connectivity index (χ0) is 13.2. The molecule has 1 amide bonds. The number of amides is 1. The number of benzene rings is 1. The van der Waals surface area contributed by atoms with E-state index >= 15 is 0 Å². The minimum Gasteiger partial charge on any atom is -0.352 e. The summed E-state index contributed by atoms with van der Waals surface area (Å²) < 4.78 is 1.18. The zero-order valence-corrected chi connectivity index (χ0v) is 12.1. The second kappa shape index (κ2) is 5.51. The molecule has 1 unspecified atom stereocenters. The normalized spacial score (nSPS) is 17.7. The molecule has 1 aliphatic carbocycles. The van der Waals surface area contributed by atoms with Crippen molar-refractivity contribution in [2.75, 3.05) is 0 Å². The second-order valence-corrected chi connectivity index (χ2v) is 6.39. The van der Waals surface area contributed by atoms with E-state index in [-0.39, 0.29) is 5.91 Å². The molecule has 100 valence electrons. The van der Waals surface area contributed by atoms with E-state index in [0.29, 0.717) is 6.04 Å². The number of nitrogens with one attached hydrogen (secondary N) is 1. The van der Waals surface area contributed by atoms with Gasteiger partial charge >= 0.3 is 0 Å². The van der Waals surface area contributed by atoms with Crippen LogP contribution < -0.4 is 5.32 Å². The molecular weight excluding hydrogens is 278 g/mol. The SMILES string of the molecule is O=C(NC1CCCC1)C(Cl)c1csc2ccccc12. The van der Waals surface area contributed by atoms with Crippen LogP contribution in [0.25, 0.3) is 10.1 Å². The van der Waals surface area contributed by atoms with Gasteiger partial charge in [-0.15, -0.1) is 22.9 Å². The fourth-order valence-corrected chi connectivity index (χ4v) is 3.99. The molecule has 0 saturated heterocycles. The minimum atomic E-state index is -0.586. The Morgan fingerprint density at radius 3 is 2.84 bits per heavy atom. The topological polar surface area (TPSA) is 29.1 Å². The van der Waals surface area contributed by atoms with Crippen LogP contribution in [-0.4, -0.2) is 11.9 Å². The van der Waals surface area contributed by atoms with Gasteiger partial charge in [-0.25, -0.2) is 0 Å². The molecule has 0 spiro atoms. The van der Waals surface area contributed by atoms with Crippen molar-refractivity contribution in [2.24, 2.45) is 0 Å². The first-order valence-corrected chi connectivity index (χ1v) is 7.98. The molecule has 0 radical (unpaired) electrons. The summed E-state index contributed by atoms with van der Waals surface area (Å²) in [6.07, 6.45) is 4.58. The molecule has 1 N–H and O–H groups in total. The van der Waals surface area contributed by atoms with E-state index in [4.69, 9.17) is 11.6 Å². The second-order valence-electron chi connectivity index (χ2n) is 5.04. The highest BCUT2D eigenvalue weighted by Crippen LogP contribution is 2.33. The predicted molar refractivity (Wildman–Crippen MR) is 80.8 cm³/mol. The van der Waals surface area contributed by atoms with Crippen molar-refractivity contribution in [3.63, 3.8) is 0 Å². The van der Waals surface area contributed by atoms with Crippen LogP contribution in [0.3, 0.4) is 0 Å². The van der Waals surface area contributed by atoms with Crippen LogP contribution in [0.4, 0.5) is 0 Å². The Morgan fingerprint density at radius 1 is 1.32 bits per heavy atom. The maximum absolute atomic E-state index is 12.2. The molecule has 1 fully saturated rings. The van der Waals surface area contributed by atoms with Crippen LogP contribution in [0, 0.1) is 0 Å². The van der Waals surface area contributed by atoms with Crippen molar-refractivity contribution >= 4 is 38.9 Å². The quantitative estimate of drug-likeness (QED) is 0.843. The lowest BCUT2D eigenvalue weighted by Crippen LogP contribution is -2.34. The third-order valence-corrected chi connectivity index (χ3v) is 5.13. The fraction of sp³-hybridized carbons (Fsp3) is 0.400. The molecule has 1 aromatic heterocycles. The molecule has 0 aliphatic heterocycles. The fourth-order valence-electron chi connectivity index (χ4n) is 2.68. The highest BCUT2D eigenvalue weighted by Gasteiger charge is 2.24. The van der Waals surface area contributed by atoms with E-state index in [1.165, 1.54) is 17.5 Å². The van der Waals surface area contributed by atoms with Crippen molar-refractivity contribution < 1.29 is 4.79 Å². The van der Waals surface area contributed by atoms with Crippen LogP contribution >= 0.6 is 22.9 Å². The van der Waals surface area contributed by atoms with E-state index < -0.39 is 5.38 Å². The summed E-state index contributed by atoms with van der Waals surface area (Å²) in [5, 5.41) is 5.57. The van der Waals surface area contributed by atoms with Gasteiger partial charge in [0.2, 0.25) is 5.91 Å². The lowest BCUT2D eigenvalue weighted by molar-refractivity contribution is -0.121. The molecule has 2 aromatic rings. The first-order valence-electron chi connectivity index (χ1n) is 6.66. The van der Waals surface area contributed by atoms with Gasteiger partial charge in [-0.2, -0.15) is 0 Å². The van der Waals surface area contributed by atoms with Gasteiger partial charge in [-0.1, -0.05) is 31.0 Å². The number of fused-ring (bicyclic) bond motifs is 1. The van der Waals surface area contributed by atoms with Crippen molar-refractivity contribution in [2.45, 2.75) is 37.1 Å². The van der Waals surface area contributed by atoms with Gasteiger partial charge in [0.05, 0.1) is 0 Å². The first kappa shape index (κ1) is 12.9. The van der Waals surface area contributed by atoms with Gasteiger partial charge in [0.25, 0.3) is 0 Å². The number of hydrogen-bond donors (Lipinski definition) is 1. The zero-order valence-electron chi connectivity index (χ0n) is 10.6. The average molecular weight is 294 g/mol. The van der Waals surface area contributed by atoms with E-state index in [9.17, 15) is 4.79 Å². The van der Waals surface area contributed by atoms with Crippen LogP contribution in [0.5, 0.6) is 0 Å². The van der Waals surface area contributed by atoms with E-state index in [2.05, 4.69) is 11.4 Å². The number of halogens is 1. The molecule has 19 heavy (non-hydrogen) atoms. The number of rotatable bonds is 3. The monoisotopic (exact) mass is 293 g/mol. The summed E-state index contributed by atoms with van der Waals surface area (Å²) in [4.78, 5) is 12.2. The Labute approximate surface area is 121 Å².